The number of rotatable bonds is 3. The molecule has 0 aliphatic carbocycles. The van der Waals surface area contributed by atoms with Crippen LogP contribution in [0.25, 0.3) is 10.9 Å². The number of halogens is 1. The number of nitrogens with zero attached hydrogens (tertiary/aromatic N) is 1. The van der Waals surface area contributed by atoms with Crippen molar-refractivity contribution in [1.29, 1.82) is 0 Å². The summed E-state index contributed by atoms with van der Waals surface area (Å²) in [6, 6.07) is 14.8. The van der Waals surface area contributed by atoms with Gasteiger partial charge in [0.15, 0.2) is 0 Å². The van der Waals surface area contributed by atoms with Gasteiger partial charge >= 0.3 is 0 Å². The van der Waals surface area contributed by atoms with Gasteiger partial charge in [0.1, 0.15) is 11.9 Å². The maximum Gasteiger partial charge on any atom is 0.137 e. The molecule has 3 nitrogen and oxygen atoms in total. The first-order valence-corrected chi connectivity index (χ1v) is 6.93. The van der Waals surface area contributed by atoms with Crippen molar-refractivity contribution in [3.63, 3.8) is 0 Å². The SMILES string of the molecule is COc1cc(C(O)c2cccc3ncccc23)ccc1Cl. The molecular weight excluding hydrogens is 286 g/mol. The molecule has 0 aliphatic heterocycles. The first kappa shape index (κ1) is 13.9. The first-order valence-electron chi connectivity index (χ1n) is 6.56. The van der Waals surface area contributed by atoms with Crippen LogP contribution in [0.2, 0.25) is 5.02 Å². The number of benzene rings is 2. The molecule has 1 atom stereocenters. The second kappa shape index (κ2) is 5.72. The van der Waals surface area contributed by atoms with Crippen LogP contribution in [0, 0.1) is 0 Å². The van der Waals surface area contributed by atoms with E-state index in [2.05, 4.69) is 4.98 Å². The quantitative estimate of drug-likeness (QED) is 0.795. The van der Waals surface area contributed by atoms with Gasteiger partial charge in [0, 0.05) is 11.6 Å². The Morgan fingerprint density at radius 1 is 1.14 bits per heavy atom. The second-order valence-electron chi connectivity index (χ2n) is 4.71. The zero-order chi connectivity index (χ0) is 14.8. The van der Waals surface area contributed by atoms with Crippen LogP contribution in [-0.2, 0) is 0 Å². The summed E-state index contributed by atoms with van der Waals surface area (Å²) in [5.74, 6) is 0.548. The summed E-state index contributed by atoms with van der Waals surface area (Å²) >= 11 is 6.03. The Morgan fingerprint density at radius 3 is 2.81 bits per heavy atom. The number of ether oxygens (including phenoxy) is 1. The summed E-state index contributed by atoms with van der Waals surface area (Å²) in [6.07, 6.45) is 0.980. The van der Waals surface area contributed by atoms with E-state index in [1.807, 2.05) is 30.3 Å². The maximum absolute atomic E-state index is 10.7. The van der Waals surface area contributed by atoms with Crippen molar-refractivity contribution in [2.45, 2.75) is 6.10 Å². The monoisotopic (exact) mass is 299 g/mol. The summed E-state index contributed by atoms with van der Waals surface area (Å²) < 4.78 is 5.20. The molecule has 1 heterocycles. The molecule has 0 saturated carbocycles. The Morgan fingerprint density at radius 2 is 2.00 bits per heavy atom. The van der Waals surface area contributed by atoms with Crippen molar-refractivity contribution in [1.82, 2.24) is 4.98 Å². The number of fused-ring (bicyclic) bond motifs is 1. The molecule has 21 heavy (non-hydrogen) atoms. The van der Waals surface area contributed by atoms with Crippen molar-refractivity contribution < 1.29 is 9.84 Å². The normalized spacial score (nSPS) is 12.3. The van der Waals surface area contributed by atoms with E-state index in [4.69, 9.17) is 16.3 Å². The van der Waals surface area contributed by atoms with Gasteiger partial charge in [0.2, 0.25) is 0 Å². The van der Waals surface area contributed by atoms with Gasteiger partial charge in [-0.3, -0.25) is 4.98 Å². The van der Waals surface area contributed by atoms with E-state index in [0.717, 1.165) is 22.0 Å². The fourth-order valence-electron chi connectivity index (χ4n) is 2.39. The van der Waals surface area contributed by atoms with Gasteiger partial charge < -0.3 is 9.84 Å². The number of aromatic nitrogens is 1. The Hall–Kier alpha value is -2.10. The van der Waals surface area contributed by atoms with E-state index in [1.54, 1.807) is 31.5 Å². The molecule has 0 bridgehead atoms. The molecule has 0 aliphatic rings. The Kier molecular flexibility index (Phi) is 3.78. The molecular formula is C17H14ClNO2. The number of methoxy groups -OCH3 is 1. The molecule has 0 spiro atoms. The van der Waals surface area contributed by atoms with Crippen LogP contribution in [0.3, 0.4) is 0 Å². The minimum atomic E-state index is -0.760. The zero-order valence-corrected chi connectivity index (χ0v) is 12.2. The largest absolute Gasteiger partial charge is 0.495 e. The lowest BCUT2D eigenvalue weighted by atomic mass is 9.97. The molecule has 3 rings (SSSR count). The lowest BCUT2D eigenvalue weighted by Gasteiger charge is -2.15. The highest BCUT2D eigenvalue weighted by Crippen LogP contribution is 2.32. The second-order valence-corrected chi connectivity index (χ2v) is 5.12. The van der Waals surface area contributed by atoms with Crippen LogP contribution in [0.15, 0.2) is 54.7 Å². The van der Waals surface area contributed by atoms with Crippen LogP contribution in [0.4, 0.5) is 0 Å². The molecule has 106 valence electrons. The molecule has 0 amide bonds. The summed E-state index contributed by atoms with van der Waals surface area (Å²) in [4.78, 5) is 4.31. The Bertz CT molecular complexity index is 783. The number of aliphatic hydroxyl groups excluding tert-OH is 1. The summed E-state index contributed by atoms with van der Waals surface area (Å²) in [5, 5.41) is 12.1. The Labute approximate surface area is 127 Å². The topological polar surface area (TPSA) is 42.4 Å². The number of hydrogen-bond donors (Lipinski definition) is 1. The van der Waals surface area contributed by atoms with Gasteiger partial charge in [-0.2, -0.15) is 0 Å². The van der Waals surface area contributed by atoms with E-state index in [9.17, 15) is 5.11 Å². The van der Waals surface area contributed by atoms with E-state index in [1.165, 1.54) is 0 Å². The maximum atomic E-state index is 10.7. The van der Waals surface area contributed by atoms with E-state index < -0.39 is 6.10 Å². The van der Waals surface area contributed by atoms with Crippen LogP contribution in [-0.4, -0.2) is 17.2 Å². The molecule has 1 unspecified atom stereocenters. The number of pyridine rings is 1. The minimum Gasteiger partial charge on any atom is -0.495 e. The average Bonchev–Trinajstić information content (AvgIpc) is 2.54. The lowest BCUT2D eigenvalue weighted by molar-refractivity contribution is 0.221. The predicted molar refractivity (Wildman–Crippen MR) is 83.8 cm³/mol. The van der Waals surface area contributed by atoms with Gasteiger partial charge in [-0.25, -0.2) is 0 Å². The van der Waals surface area contributed by atoms with Crippen molar-refractivity contribution in [3.8, 4) is 5.75 Å². The molecule has 0 saturated heterocycles. The van der Waals surface area contributed by atoms with Crippen molar-refractivity contribution in [2.24, 2.45) is 0 Å². The summed E-state index contributed by atoms with van der Waals surface area (Å²) in [5.41, 5.74) is 2.40. The third-order valence-corrected chi connectivity index (χ3v) is 3.78. The van der Waals surface area contributed by atoms with Gasteiger partial charge in [-0.15, -0.1) is 0 Å². The summed E-state index contributed by atoms with van der Waals surface area (Å²) in [7, 11) is 1.55. The average molecular weight is 300 g/mol. The molecule has 2 aromatic carbocycles. The van der Waals surface area contributed by atoms with Crippen molar-refractivity contribution in [3.05, 3.63) is 70.9 Å². The fourth-order valence-corrected chi connectivity index (χ4v) is 2.59. The van der Waals surface area contributed by atoms with Crippen LogP contribution in [0.5, 0.6) is 5.75 Å². The third kappa shape index (κ3) is 2.58. The highest BCUT2D eigenvalue weighted by molar-refractivity contribution is 6.32. The number of aliphatic hydroxyl groups is 1. The first-order chi connectivity index (χ1) is 10.2. The minimum absolute atomic E-state index is 0.521. The molecule has 1 N–H and O–H groups in total. The highest BCUT2D eigenvalue weighted by atomic mass is 35.5. The molecule has 3 aromatic rings. The van der Waals surface area contributed by atoms with Crippen LogP contribution < -0.4 is 4.74 Å². The number of hydrogen-bond acceptors (Lipinski definition) is 3. The van der Waals surface area contributed by atoms with Crippen LogP contribution >= 0.6 is 11.6 Å². The molecule has 0 fully saturated rings. The van der Waals surface area contributed by atoms with E-state index in [0.29, 0.717) is 10.8 Å². The third-order valence-electron chi connectivity index (χ3n) is 3.46. The Balaban J connectivity index is 2.10. The van der Waals surface area contributed by atoms with E-state index >= 15 is 0 Å². The van der Waals surface area contributed by atoms with Gasteiger partial charge in [-0.05, 0) is 35.4 Å². The zero-order valence-electron chi connectivity index (χ0n) is 11.5. The predicted octanol–water partition coefficient (Wildman–Crippen LogP) is 3.98. The fraction of sp³-hybridized carbons (Fsp3) is 0.118. The van der Waals surface area contributed by atoms with Gasteiger partial charge in [0.25, 0.3) is 0 Å². The van der Waals surface area contributed by atoms with Crippen molar-refractivity contribution >= 4 is 22.5 Å². The molecule has 0 radical (unpaired) electrons. The van der Waals surface area contributed by atoms with Gasteiger partial charge in [-0.1, -0.05) is 35.9 Å². The molecule has 4 heteroatoms. The summed E-state index contributed by atoms with van der Waals surface area (Å²) in [6.45, 7) is 0. The standard InChI is InChI=1S/C17H14ClNO2/c1-21-16-10-11(7-8-14(16)18)17(20)13-4-2-6-15-12(13)5-3-9-19-15/h2-10,17,20H,1H3. The molecule has 1 aromatic heterocycles. The van der Waals surface area contributed by atoms with E-state index in [-0.39, 0.29) is 0 Å². The lowest BCUT2D eigenvalue weighted by Crippen LogP contribution is -2.01. The highest BCUT2D eigenvalue weighted by Gasteiger charge is 2.15. The van der Waals surface area contributed by atoms with Crippen LogP contribution in [0.1, 0.15) is 17.2 Å². The van der Waals surface area contributed by atoms with Gasteiger partial charge in [0.05, 0.1) is 17.6 Å². The smallest absolute Gasteiger partial charge is 0.137 e. The van der Waals surface area contributed by atoms with Crippen molar-refractivity contribution in [2.75, 3.05) is 7.11 Å².